The SMILES string of the molecule is CC.CC1CCN(S(C)(=O)=O)CC1.COC1CC2(C1)CN(c1nc(C)cc3cnc(C)nc13)C2. The summed E-state index contributed by atoms with van der Waals surface area (Å²) in [5.74, 6) is 2.50. The molecule has 0 N–H and O–H groups in total. The van der Waals surface area contributed by atoms with Crippen molar-refractivity contribution in [1.82, 2.24) is 19.3 Å². The van der Waals surface area contributed by atoms with Crippen LogP contribution in [0.5, 0.6) is 0 Å². The van der Waals surface area contributed by atoms with E-state index in [9.17, 15) is 8.42 Å². The Bertz CT molecular complexity index is 1070. The molecule has 4 heterocycles. The molecule has 2 saturated heterocycles. The lowest BCUT2D eigenvalue weighted by Gasteiger charge is -2.59. The Kier molecular flexibility index (Phi) is 8.52. The third-order valence-corrected chi connectivity index (χ3v) is 8.32. The maximum atomic E-state index is 11.0. The van der Waals surface area contributed by atoms with Crippen LogP contribution < -0.4 is 4.90 Å². The predicted octanol–water partition coefficient (Wildman–Crippen LogP) is 3.96. The maximum absolute atomic E-state index is 11.0. The number of rotatable bonds is 3. The molecule has 0 aromatic carbocycles. The Labute approximate surface area is 205 Å². The average molecular weight is 492 g/mol. The van der Waals surface area contributed by atoms with Crippen LogP contribution in [0.1, 0.15) is 58.0 Å². The van der Waals surface area contributed by atoms with Crippen molar-refractivity contribution in [3.63, 3.8) is 0 Å². The summed E-state index contributed by atoms with van der Waals surface area (Å²) in [6, 6.07) is 2.05. The van der Waals surface area contributed by atoms with Crippen LogP contribution in [0.4, 0.5) is 5.82 Å². The molecule has 0 unspecified atom stereocenters. The van der Waals surface area contributed by atoms with Crippen LogP contribution >= 0.6 is 0 Å². The van der Waals surface area contributed by atoms with Gasteiger partial charge in [0.15, 0.2) is 5.82 Å². The first kappa shape index (κ1) is 26.8. The van der Waals surface area contributed by atoms with E-state index in [1.807, 2.05) is 41.0 Å². The fourth-order valence-electron chi connectivity index (χ4n) is 5.02. The summed E-state index contributed by atoms with van der Waals surface area (Å²) >= 11 is 0. The quantitative estimate of drug-likeness (QED) is 0.642. The van der Waals surface area contributed by atoms with Crippen LogP contribution in [0, 0.1) is 25.2 Å². The number of ether oxygens (including phenoxy) is 1. The number of hydrogen-bond donors (Lipinski definition) is 0. The Morgan fingerprint density at radius 3 is 2.26 bits per heavy atom. The minimum atomic E-state index is -2.92. The number of sulfonamides is 1. The minimum absolute atomic E-state index is 0.457. The van der Waals surface area contributed by atoms with Crippen LogP contribution in [0.25, 0.3) is 10.9 Å². The van der Waals surface area contributed by atoms with Gasteiger partial charge in [-0.15, -0.1) is 0 Å². The van der Waals surface area contributed by atoms with E-state index in [0.717, 1.165) is 54.2 Å². The lowest BCUT2D eigenvalue weighted by atomic mass is 9.62. The Morgan fingerprint density at radius 2 is 1.71 bits per heavy atom. The van der Waals surface area contributed by atoms with Gasteiger partial charge in [-0.25, -0.2) is 27.7 Å². The summed E-state index contributed by atoms with van der Waals surface area (Å²) in [6.07, 6.45) is 8.01. The van der Waals surface area contributed by atoms with Gasteiger partial charge in [0.2, 0.25) is 10.0 Å². The highest BCUT2D eigenvalue weighted by Crippen LogP contribution is 2.50. The van der Waals surface area contributed by atoms with Gasteiger partial charge in [-0.3, -0.25) is 0 Å². The first-order valence-corrected chi connectivity index (χ1v) is 14.3. The number of pyridine rings is 1. The number of piperidine rings is 1. The molecule has 2 aliphatic heterocycles. The van der Waals surface area contributed by atoms with Gasteiger partial charge in [0, 0.05) is 56.0 Å². The zero-order valence-corrected chi connectivity index (χ0v) is 22.7. The Balaban J connectivity index is 0.000000212. The van der Waals surface area contributed by atoms with Gasteiger partial charge in [-0.1, -0.05) is 20.8 Å². The summed E-state index contributed by atoms with van der Waals surface area (Å²) in [4.78, 5) is 16.0. The van der Waals surface area contributed by atoms with Crippen molar-refractivity contribution in [1.29, 1.82) is 0 Å². The second-order valence-corrected chi connectivity index (χ2v) is 11.9. The van der Waals surface area contributed by atoms with E-state index in [2.05, 4.69) is 27.9 Å². The highest BCUT2D eigenvalue weighted by Gasteiger charge is 2.53. The zero-order valence-electron chi connectivity index (χ0n) is 21.8. The Morgan fingerprint density at radius 1 is 1.09 bits per heavy atom. The topological polar surface area (TPSA) is 88.5 Å². The van der Waals surface area contributed by atoms with E-state index in [0.29, 0.717) is 30.5 Å². The van der Waals surface area contributed by atoms with Gasteiger partial charge in [-0.05, 0) is 51.5 Å². The van der Waals surface area contributed by atoms with Crippen molar-refractivity contribution in [3.05, 3.63) is 23.8 Å². The fourth-order valence-corrected chi connectivity index (χ4v) is 5.90. The first-order chi connectivity index (χ1) is 16.1. The molecule has 34 heavy (non-hydrogen) atoms. The van der Waals surface area contributed by atoms with Gasteiger partial charge >= 0.3 is 0 Å². The molecule has 0 amide bonds. The summed E-state index contributed by atoms with van der Waals surface area (Å²) in [6.45, 7) is 13.7. The molecule has 3 fully saturated rings. The molecule has 3 aliphatic rings. The van der Waals surface area contributed by atoms with E-state index in [-0.39, 0.29) is 0 Å². The van der Waals surface area contributed by atoms with Crippen LogP contribution in [0.15, 0.2) is 12.3 Å². The zero-order chi connectivity index (χ0) is 25.1. The van der Waals surface area contributed by atoms with E-state index in [4.69, 9.17) is 9.72 Å². The Hall–Kier alpha value is -1.84. The number of nitrogens with zero attached hydrogens (tertiary/aromatic N) is 5. The molecule has 0 radical (unpaired) electrons. The predicted molar refractivity (Wildman–Crippen MR) is 138 cm³/mol. The second kappa shape index (κ2) is 10.8. The molecule has 1 spiro atoms. The fraction of sp³-hybridized carbons (Fsp3) is 0.720. The maximum Gasteiger partial charge on any atom is 0.211 e. The minimum Gasteiger partial charge on any atom is -0.381 e. The molecule has 2 aromatic heterocycles. The third-order valence-electron chi connectivity index (χ3n) is 7.01. The van der Waals surface area contributed by atoms with E-state index in [1.54, 1.807) is 4.31 Å². The van der Waals surface area contributed by atoms with Gasteiger partial charge < -0.3 is 9.64 Å². The largest absolute Gasteiger partial charge is 0.381 e. The highest BCUT2D eigenvalue weighted by atomic mass is 32.2. The highest BCUT2D eigenvalue weighted by molar-refractivity contribution is 7.88. The molecule has 0 bridgehead atoms. The van der Waals surface area contributed by atoms with Gasteiger partial charge in [-0.2, -0.15) is 0 Å². The van der Waals surface area contributed by atoms with Crippen molar-refractivity contribution in [2.45, 2.75) is 66.4 Å². The normalized spacial score (nSPS) is 20.6. The van der Waals surface area contributed by atoms with E-state index in [1.165, 1.54) is 19.1 Å². The monoisotopic (exact) mass is 491 g/mol. The van der Waals surface area contributed by atoms with Crippen LogP contribution in [0.3, 0.4) is 0 Å². The average Bonchev–Trinajstić information content (AvgIpc) is 2.74. The number of aryl methyl sites for hydroxylation is 2. The standard InChI is InChI=1S/C16H20N4O.C7H15NO2S.C2H6/c1-10-4-12-7-17-11(2)19-14(12)15(18-10)20-8-16(9-20)5-13(6-16)21-3;1-7-3-5-8(6-4-7)11(2,9)10;1-2/h4,7,13H,5-6,8-9H2,1-3H3;7H,3-6H2,1-2H3;1-2H3. The molecule has 5 rings (SSSR count). The van der Waals surface area contributed by atoms with Gasteiger partial charge in [0.1, 0.15) is 11.3 Å². The number of anilines is 1. The van der Waals surface area contributed by atoms with Crippen molar-refractivity contribution in [2.24, 2.45) is 11.3 Å². The first-order valence-electron chi connectivity index (χ1n) is 12.4. The molecule has 2 aromatic rings. The molecule has 190 valence electrons. The van der Waals surface area contributed by atoms with Gasteiger partial charge in [0.05, 0.1) is 12.4 Å². The molecular weight excluding hydrogens is 450 g/mol. The number of methoxy groups -OCH3 is 1. The van der Waals surface area contributed by atoms with Crippen molar-refractivity contribution in [3.8, 4) is 0 Å². The van der Waals surface area contributed by atoms with Crippen molar-refractivity contribution in [2.75, 3.05) is 44.4 Å². The third kappa shape index (κ3) is 6.04. The van der Waals surface area contributed by atoms with Crippen molar-refractivity contribution < 1.29 is 13.2 Å². The second-order valence-electron chi connectivity index (χ2n) is 9.91. The van der Waals surface area contributed by atoms with Crippen LogP contribution in [-0.4, -0.2) is 73.3 Å². The molecule has 1 aliphatic carbocycles. The number of fused-ring (bicyclic) bond motifs is 1. The van der Waals surface area contributed by atoms with E-state index >= 15 is 0 Å². The number of aromatic nitrogens is 3. The summed E-state index contributed by atoms with van der Waals surface area (Å²) in [7, 11) is -1.11. The lowest BCUT2D eigenvalue weighted by molar-refractivity contribution is -0.0732. The molecule has 8 nitrogen and oxygen atoms in total. The molecule has 0 atom stereocenters. The molecule has 9 heteroatoms. The molecular formula is C25H41N5O3S. The van der Waals surface area contributed by atoms with Gasteiger partial charge in [0.25, 0.3) is 0 Å². The summed E-state index contributed by atoms with van der Waals surface area (Å²) in [5.41, 5.74) is 2.46. The number of hydrogen-bond acceptors (Lipinski definition) is 7. The van der Waals surface area contributed by atoms with Crippen LogP contribution in [-0.2, 0) is 14.8 Å². The van der Waals surface area contributed by atoms with Crippen LogP contribution in [0.2, 0.25) is 0 Å². The van der Waals surface area contributed by atoms with E-state index < -0.39 is 10.0 Å². The summed E-state index contributed by atoms with van der Waals surface area (Å²) < 4.78 is 29.0. The summed E-state index contributed by atoms with van der Waals surface area (Å²) in [5, 5.41) is 1.08. The smallest absolute Gasteiger partial charge is 0.211 e. The molecule has 1 saturated carbocycles. The van der Waals surface area contributed by atoms with Crippen molar-refractivity contribution >= 4 is 26.7 Å². The lowest BCUT2D eigenvalue weighted by Crippen LogP contribution is -2.64.